The Morgan fingerprint density at radius 2 is 2.35 bits per heavy atom. The van der Waals surface area contributed by atoms with E-state index in [1.807, 2.05) is 0 Å². The Hall–Kier alpha value is -1.89. The van der Waals surface area contributed by atoms with Gasteiger partial charge in [0, 0.05) is 0 Å². The quantitative estimate of drug-likeness (QED) is 0.547. The van der Waals surface area contributed by atoms with Crippen LogP contribution in [0.25, 0.3) is 0 Å². The molecule has 1 spiro atoms. The normalized spacial score (nSPS) is 37.4. The van der Waals surface area contributed by atoms with Gasteiger partial charge in [-0.05, 0) is 6.92 Å². The van der Waals surface area contributed by atoms with Crippen LogP contribution in [0.3, 0.4) is 0 Å². The molecule has 20 heavy (non-hydrogen) atoms. The number of nitrogens with zero attached hydrogens (tertiary/aromatic N) is 1. The Morgan fingerprint density at radius 3 is 3.00 bits per heavy atom. The number of carboxylic acid groups (broad SMARTS) is 1. The number of likely N-dealkylation sites (tertiary alicyclic amines) is 1. The molecule has 1 amide bonds. The third-order valence-electron chi connectivity index (χ3n) is 4.09. The van der Waals surface area contributed by atoms with E-state index in [9.17, 15) is 19.5 Å². The third kappa shape index (κ3) is 1.66. The van der Waals surface area contributed by atoms with Gasteiger partial charge in [-0.2, -0.15) is 0 Å². The van der Waals surface area contributed by atoms with Crippen molar-refractivity contribution in [2.24, 2.45) is 11.8 Å². The van der Waals surface area contributed by atoms with Gasteiger partial charge in [0.2, 0.25) is 5.91 Å². The van der Waals surface area contributed by atoms with Crippen molar-refractivity contribution in [2.75, 3.05) is 19.7 Å². The van der Waals surface area contributed by atoms with Crippen LogP contribution in [-0.2, 0) is 23.9 Å². The van der Waals surface area contributed by atoms with Gasteiger partial charge in [0.1, 0.15) is 18.1 Å². The molecule has 0 radical (unpaired) electrons. The average molecular weight is 281 g/mol. The summed E-state index contributed by atoms with van der Waals surface area (Å²) in [6.07, 6.45) is 2.90. The number of fused-ring (bicyclic) bond motifs is 1. The molecule has 3 aliphatic rings. The van der Waals surface area contributed by atoms with Gasteiger partial charge in [0.15, 0.2) is 0 Å². The molecule has 0 aromatic rings. The van der Waals surface area contributed by atoms with E-state index in [4.69, 9.17) is 9.47 Å². The van der Waals surface area contributed by atoms with Gasteiger partial charge < -0.3 is 19.5 Å². The molecule has 0 aliphatic carbocycles. The van der Waals surface area contributed by atoms with Crippen molar-refractivity contribution in [1.29, 1.82) is 0 Å². The number of esters is 1. The fourth-order valence-electron chi connectivity index (χ4n) is 3.36. The molecule has 2 bridgehead atoms. The van der Waals surface area contributed by atoms with E-state index in [1.54, 1.807) is 19.1 Å². The smallest absolute Gasteiger partial charge is 0.325 e. The number of carbonyl (C=O) groups is 3. The maximum Gasteiger partial charge on any atom is 0.325 e. The summed E-state index contributed by atoms with van der Waals surface area (Å²) in [5, 5.41) is 9.27. The summed E-state index contributed by atoms with van der Waals surface area (Å²) < 4.78 is 10.5. The molecule has 7 nitrogen and oxygen atoms in total. The summed E-state index contributed by atoms with van der Waals surface area (Å²) in [6.45, 7) is 1.96. The predicted octanol–water partition coefficient (Wildman–Crippen LogP) is -0.584. The highest BCUT2D eigenvalue weighted by atomic mass is 16.5. The van der Waals surface area contributed by atoms with Gasteiger partial charge >= 0.3 is 11.9 Å². The average Bonchev–Trinajstić information content (AvgIpc) is 2.99. The minimum Gasteiger partial charge on any atom is -0.481 e. The van der Waals surface area contributed by atoms with E-state index in [1.165, 1.54) is 4.90 Å². The van der Waals surface area contributed by atoms with E-state index in [2.05, 4.69) is 0 Å². The molecule has 2 fully saturated rings. The maximum absolute atomic E-state index is 12.4. The van der Waals surface area contributed by atoms with E-state index >= 15 is 0 Å². The van der Waals surface area contributed by atoms with Crippen molar-refractivity contribution in [1.82, 2.24) is 4.90 Å². The molecule has 0 aromatic heterocycles. The van der Waals surface area contributed by atoms with Crippen LogP contribution >= 0.6 is 0 Å². The Balaban J connectivity index is 1.82. The van der Waals surface area contributed by atoms with Crippen LogP contribution in [0.15, 0.2) is 12.2 Å². The number of hydrogen-bond donors (Lipinski definition) is 1. The van der Waals surface area contributed by atoms with Crippen molar-refractivity contribution in [3.8, 4) is 0 Å². The molecule has 7 heteroatoms. The largest absolute Gasteiger partial charge is 0.481 e. The number of aliphatic carboxylic acids is 1. The summed E-state index contributed by atoms with van der Waals surface area (Å²) in [4.78, 5) is 36.5. The van der Waals surface area contributed by atoms with Gasteiger partial charge in [-0.1, -0.05) is 12.2 Å². The molecule has 0 unspecified atom stereocenters. The fourth-order valence-corrected chi connectivity index (χ4v) is 3.36. The maximum atomic E-state index is 12.4. The lowest BCUT2D eigenvalue weighted by atomic mass is 9.77. The first-order chi connectivity index (χ1) is 9.48. The highest BCUT2D eigenvalue weighted by Gasteiger charge is 2.67. The fraction of sp³-hybridized carbons (Fsp3) is 0.615. The van der Waals surface area contributed by atoms with E-state index < -0.39 is 35.5 Å². The van der Waals surface area contributed by atoms with Crippen molar-refractivity contribution < 1.29 is 29.0 Å². The predicted molar refractivity (Wildman–Crippen MR) is 64.6 cm³/mol. The molecular weight excluding hydrogens is 266 g/mol. The van der Waals surface area contributed by atoms with Crippen LogP contribution in [-0.4, -0.2) is 59.3 Å². The summed E-state index contributed by atoms with van der Waals surface area (Å²) in [7, 11) is 0. The molecule has 3 rings (SSSR count). The van der Waals surface area contributed by atoms with Crippen molar-refractivity contribution in [3.63, 3.8) is 0 Å². The van der Waals surface area contributed by atoms with E-state index in [-0.39, 0.29) is 25.6 Å². The van der Waals surface area contributed by atoms with Gasteiger partial charge in [-0.25, -0.2) is 0 Å². The van der Waals surface area contributed by atoms with E-state index in [0.717, 1.165) is 0 Å². The standard InChI is InChI=1S/C13H15NO6/c1-2-19-8(15)5-14-6-13-4-3-7(20-13)9(12(17)18)10(13)11(14)16/h3-4,7,9-10H,2,5-6H2,1H3,(H,17,18)/t7-,9-,10+,13+/m0/s1. The molecule has 108 valence electrons. The van der Waals surface area contributed by atoms with Gasteiger partial charge in [-0.3, -0.25) is 14.4 Å². The number of carbonyl (C=O) groups excluding carboxylic acids is 2. The van der Waals surface area contributed by atoms with Crippen molar-refractivity contribution >= 4 is 17.8 Å². The van der Waals surface area contributed by atoms with Gasteiger partial charge in [0.05, 0.1) is 25.2 Å². The second-order valence-corrected chi connectivity index (χ2v) is 5.24. The zero-order valence-corrected chi connectivity index (χ0v) is 10.9. The Labute approximate surface area is 115 Å². The van der Waals surface area contributed by atoms with Crippen LogP contribution in [0.5, 0.6) is 0 Å². The minimum atomic E-state index is -1.04. The van der Waals surface area contributed by atoms with Crippen LogP contribution in [0.1, 0.15) is 6.92 Å². The van der Waals surface area contributed by atoms with Crippen LogP contribution in [0.4, 0.5) is 0 Å². The lowest BCUT2D eigenvalue weighted by Crippen LogP contribution is -2.39. The highest BCUT2D eigenvalue weighted by Crippen LogP contribution is 2.51. The van der Waals surface area contributed by atoms with E-state index in [0.29, 0.717) is 0 Å². The minimum absolute atomic E-state index is 0.168. The van der Waals surface area contributed by atoms with Crippen LogP contribution in [0.2, 0.25) is 0 Å². The van der Waals surface area contributed by atoms with Crippen molar-refractivity contribution in [2.45, 2.75) is 18.6 Å². The first-order valence-corrected chi connectivity index (χ1v) is 6.53. The number of rotatable bonds is 4. The third-order valence-corrected chi connectivity index (χ3v) is 4.09. The molecule has 0 aromatic carbocycles. The first kappa shape index (κ1) is 13.1. The Kier molecular flexibility index (Phi) is 2.82. The zero-order chi connectivity index (χ0) is 14.5. The number of amides is 1. The lowest BCUT2D eigenvalue weighted by Gasteiger charge is -2.21. The Bertz CT molecular complexity index is 515. The summed E-state index contributed by atoms with van der Waals surface area (Å²) in [5.74, 6) is -3.51. The molecule has 3 aliphatic heterocycles. The van der Waals surface area contributed by atoms with Crippen molar-refractivity contribution in [3.05, 3.63) is 12.2 Å². The Morgan fingerprint density at radius 1 is 1.60 bits per heavy atom. The molecule has 0 saturated carbocycles. The first-order valence-electron chi connectivity index (χ1n) is 6.53. The topological polar surface area (TPSA) is 93.1 Å². The second-order valence-electron chi connectivity index (χ2n) is 5.24. The SMILES string of the molecule is CCOC(=O)CN1C[C@@]23C=C[C@H](O2)[C@H](C(=O)O)[C@@H]3C1=O. The number of carboxylic acids is 1. The lowest BCUT2D eigenvalue weighted by molar-refractivity contribution is -0.151. The summed E-state index contributed by atoms with van der Waals surface area (Å²) in [6, 6.07) is 0. The molecule has 3 heterocycles. The van der Waals surface area contributed by atoms with Crippen LogP contribution in [0, 0.1) is 11.8 Å². The number of ether oxygens (including phenoxy) is 2. The summed E-state index contributed by atoms with van der Waals surface area (Å²) >= 11 is 0. The highest BCUT2D eigenvalue weighted by molar-refractivity contribution is 5.92. The van der Waals surface area contributed by atoms with Gasteiger partial charge in [0.25, 0.3) is 0 Å². The van der Waals surface area contributed by atoms with Crippen LogP contribution < -0.4 is 0 Å². The number of hydrogen-bond acceptors (Lipinski definition) is 5. The molecule has 4 atom stereocenters. The molecule has 1 N–H and O–H groups in total. The molecule has 2 saturated heterocycles. The molecular formula is C13H15NO6. The summed E-state index contributed by atoms with van der Waals surface area (Å²) in [5.41, 5.74) is -0.892. The second kappa shape index (κ2) is 4.31. The monoisotopic (exact) mass is 281 g/mol. The van der Waals surface area contributed by atoms with Gasteiger partial charge in [-0.15, -0.1) is 0 Å². The zero-order valence-electron chi connectivity index (χ0n) is 10.9.